The Morgan fingerprint density at radius 3 is 2.88 bits per heavy atom. The van der Waals surface area contributed by atoms with Crippen LogP contribution < -0.4 is 16.0 Å². The van der Waals surface area contributed by atoms with Crippen LogP contribution in [0, 0.1) is 0 Å². The molecule has 3 N–H and O–H groups in total. The molecular formula is C11H14N4O2. The number of rotatable bonds is 2. The zero-order valence-corrected chi connectivity index (χ0v) is 9.51. The predicted molar refractivity (Wildman–Crippen MR) is 63.2 cm³/mol. The van der Waals surface area contributed by atoms with Crippen LogP contribution in [0.1, 0.15) is 13.3 Å². The molecule has 0 aliphatic carbocycles. The number of carbonyl (C=O) groups is 2. The molecular weight excluding hydrogens is 220 g/mol. The third kappa shape index (κ3) is 2.20. The van der Waals surface area contributed by atoms with E-state index in [2.05, 4.69) is 10.3 Å². The Kier molecular flexibility index (Phi) is 2.95. The van der Waals surface area contributed by atoms with Crippen molar-refractivity contribution in [3.05, 3.63) is 18.3 Å². The maximum Gasteiger partial charge on any atom is 0.249 e. The van der Waals surface area contributed by atoms with Crippen LogP contribution >= 0.6 is 0 Å². The summed E-state index contributed by atoms with van der Waals surface area (Å²) in [6.45, 7) is 2.03. The van der Waals surface area contributed by atoms with Crippen LogP contribution in [0.2, 0.25) is 0 Å². The van der Waals surface area contributed by atoms with Gasteiger partial charge in [0, 0.05) is 0 Å². The first-order valence-corrected chi connectivity index (χ1v) is 5.43. The number of aromatic nitrogens is 1. The molecule has 0 bridgehead atoms. The molecule has 90 valence electrons. The first-order chi connectivity index (χ1) is 8.11. The van der Waals surface area contributed by atoms with Gasteiger partial charge < -0.3 is 10.6 Å². The molecule has 2 heterocycles. The summed E-state index contributed by atoms with van der Waals surface area (Å²) in [5.41, 5.74) is 6.10. The number of nitrogens with two attached hydrogens (primary N) is 1. The molecule has 1 unspecified atom stereocenters. The van der Waals surface area contributed by atoms with Crippen LogP contribution in [-0.4, -0.2) is 29.4 Å². The van der Waals surface area contributed by atoms with Gasteiger partial charge in [0.2, 0.25) is 11.8 Å². The second kappa shape index (κ2) is 4.40. The summed E-state index contributed by atoms with van der Waals surface area (Å²) in [4.78, 5) is 28.9. The summed E-state index contributed by atoms with van der Waals surface area (Å²) in [7, 11) is 0. The molecule has 1 aromatic rings. The van der Waals surface area contributed by atoms with E-state index in [-0.39, 0.29) is 24.4 Å². The summed E-state index contributed by atoms with van der Waals surface area (Å²) in [6, 6.07) is 3.06. The van der Waals surface area contributed by atoms with E-state index in [0.29, 0.717) is 17.9 Å². The molecule has 0 spiro atoms. The van der Waals surface area contributed by atoms with Crippen LogP contribution in [0.3, 0.4) is 0 Å². The van der Waals surface area contributed by atoms with E-state index in [4.69, 9.17) is 5.73 Å². The van der Waals surface area contributed by atoms with Crippen molar-refractivity contribution in [2.75, 3.05) is 17.2 Å². The minimum atomic E-state index is -0.358. The van der Waals surface area contributed by atoms with Gasteiger partial charge in [-0.05, 0) is 18.6 Å². The van der Waals surface area contributed by atoms with Crippen molar-refractivity contribution < 1.29 is 9.59 Å². The summed E-state index contributed by atoms with van der Waals surface area (Å²) in [5.74, 6) is 0.00921. The van der Waals surface area contributed by atoms with E-state index < -0.39 is 0 Å². The van der Waals surface area contributed by atoms with Crippen molar-refractivity contribution in [1.29, 1.82) is 0 Å². The molecule has 1 fully saturated rings. The first-order valence-electron chi connectivity index (χ1n) is 5.43. The molecule has 1 aromatic heterocycles. The molecule has 6 nitrogen and oxygen atoms in total. The van der Waals surface area contributed by atoms with E-state index in [1.807, 2.05) is 6.92 Å². The summed E-state index contributed by atoms with van der Waals surface area (Å²) in [5, 5.41) is 2.32. The zero-order valence-electron chi connectivity index (χ0n) is 9.51. The van der Waals surface area contributed by atoms with E-state index in [1.165, 1.54) is 6.20 Å². The number of imide groups is 1. The Labute approximate surface area is 98.8 Å². The zero-order chi connectivity index (χ0) is 12.4. The number of amides is 2. The third-order valence-corrected chi connectivity index (χ3v) is 2.71. The number of carbonyl (C=O) groups excluding carboxylic acids is 2. The fourth-order valence-electron chi connectivity index (χ4n) is 1.88. The van der Waals surface area contributed by atoms with Crippen LogP contribution in [0.15, 0.2) is 18.3 Å². The molecule has 0 radical (unpaired) electrons. The van der Waals surface area contributed by atoms with Crippen molar-refractivity contribution in [1.82, 2.24) is 10.3 Å². The van der Waals surface area contributed by atoms with Crippen molar-refractivity contribution in [3.63, 3.8) is 0 Å². The number of nitrogens with zero attached hydrogens (tertiary/aromatic N) is 2. The van der Waals surface area contributed by atoms with Crippen LogP contribution in [0.25, 0.3) is 0 Å². The standard InChI is InChI=1S/C11H14N4O2/c1-2-8-11(17)14-10(16)6-15(8)9-4-3-7(12)5-13-9/h3-5,8H,2,6,12H2,1H3,(H,14,16,17). The third-order valence-electron chi connectivity index (χ3n) is 2.71. The lowest BCUT2D eigenvalue weighted by Crippen LogP contribution is -2.58. The smallest absolute Gasteiger partial charge is 0.249 e. The maximum atomic E-state index is 11.7. The predicted octanol–water partition coefficient (Wildman–Crippen LogP) is -0.0948. The summed E-state index contributed by atoms with van der Waals surface area (Å²) in [6.07, 6.45) is 2.13. The number of nitrogen functional groups attached to an aromatic ring is 1. The Morgan fingerprint density at radius 2 is 2.29 bits per heavy atom. The minimum Gasteiger partial charge on any atom is -0.397 e. The van der Waals surface area contributed by atoms with Gasteiger partial charge >= 0.3 is 0 Å². The molecule has 2 amide bonds. The molecule has 6 heteroatoms. The highest BCUT2D eigenvalue weighted by Crippen LogP contribution is 2.19. The van der Waals surface area contributed by atoms with Gasteiger partial charge in [-0.2, -0.15) is 0 Å². The average molecular weight is 234 g/mol. The fraction of sp³-hybridized carbons (Fsp3) is 0.364. The largest absolute Gasteiger partial charge is 0.397 e. The van der Waals surface area contributed by atoms with E-state index in [0.717, 1.165) is 0 Å². The van der Waals surface area contributed by atoms with E-state index in [9.17, 15) is 9.59 Å². The summed E-state index contributed by atoms with van der Waals surface area (Å²) >= 11 is 0. The Morgan fingerprint density at radius 1 is 1.53 bits per heavy atom. The van der Waals surface area contributed by atoms with Gasteiger partial charge in [-0.15, -0.1) is 0 Å². The lowest BCUT2D eigenvalue weighted by molar-refractivity contribution is -0.132. The van der Waals surface area contributed by atoms with Crippen molar-refractivity contribution in [2.24, 2.45) is 0 Å². The van der Waals surface area contributed by atoms with Gasteiger partial charge in [0.25, 0.3) is 0 Å². The quantitative estimate of drug-likeness (QED) is 0.698. The lowest BCUT2D eigenvalue weighted by atomic mass is 10.1. The van der Waals surface area contributed by atoms with Crippen LogP contribution in [-0.2, 0) is 9.59 Å². The number of nitrogens with one attached hydrogen (secondary N) is 1. The van der Waals surface area contributed by atoms with Crippen molar-refractivity contribution >= 4 is 23.3 Å². The molecule has 0 aromatic carbocycles. The molecule has 1 atom stereocenters. The number of piperazine rings is 1. The Hall–Kier alpha value is -2.11. The molecule has 2 rings (SSSR count). The molecule has 1 aliphatic heterocycles. The second-order valence-corrected chi connectivity index (χ2v) is 3.91. The fourth-order valence-corrected chi connectivity index (χ4v) is 1.88. The van der Waals surface area contributed by atoms with E-state index >= 15 is 0 Å². The number of anilines is 2. The molecule has 1 saturated heterocycles. The highest BCUT2D eigenvalue weighted by molar-refractivity contribution is 6.04. The van der Waals surface area contributed by atoms with Gasteiger partial charge in [-0.3, -0.25) is 14.9 Å². The number of hydrogen-bond acceptors (Lipinski definition) is 5. The van der Waals surface area contributed by atoms with Crippen LogP contribution in [0.4, 0.5) is 11.5 Å². The molecule has 17 heavy (non-hydrogen) atoms. The van der Waals surface area contributed by atoms with Crippen molar-refractivity contribution in [2.45, 2.75) is 19.4 Å². The van der Waals surface area contributed by atoms with Gasteiger partial charge in [0.1, 0.15) is 11.9 Å². The number of pyridine rings is 1. The van der Waals surface area contributed by atoms with Gasteiger partial charge in [-0.1, -0.05) is 6.92 Å². The lowest BCUT2D eigenvalue weighted by Gasteiger charge is -2.34. The minimum absolute atomic E-state index is 0.140. The topological polar surface area (TPSA) is 88.3 Å². The second-order valence-electron chi connectivity index (χ2n) is 3.91. The first kappa shape index (κ1) is 11.4. The van der Waals surface area contributed by atoms with Gasteiger partial charge in [0.15, 0.2) is 0 Å². The maximum absolute atomic E-state index is 11.7. The number of hydrogen-bond donors (Lipinski definition) is 2. The monoisotopic (exact) mass is 234 g/mol. The highest BCUT2D eigenvalue weighted by atomic mass is 16.2. The normalized spacial score (nSPS) is 20.3. The Bertz CT molecular complexity index is 443. The molecule has 0 saturated carbocycles. The van der Waals surface area contributed by atoms with E-state index in [1.54, 1.807) is 17.0 Å². The highest BCUT2D eigenvalue weighted by Gasteiger charge is 2.32. The van der Waals surface area contributed by atoms with Crippen molar-refractivity contribution in [3.8, 4) is 0 Å². The summed E-state index contributed by atoms with van der Waals surface area (Å²) < 4.78 is 0. The SMILES string of the molecule is CCC1C(=O)NC(=O)CN1c1ccc(N)cn1. The van der Waals surface area contributed by atoms with Crippen LogP contribution in [0.5, 0.6) is 0 Å². The molecule has 1 aliphatic rings. The Balaban J connectivity index is 2.30. The van der Waals surface area contributed by atoms with Gasteiger partial charge in [-0.25, -0.2) is 4.98 Å². The average Bonchev–Trinajstić information content (AvgIpc) is 2.29. The van der Waals surface area contributed by atoms with Gasteiger partial charge in [0.05, 0.1) is 18.4 Å².